The molecule has 0 aliphatic carbocycles. The van der Waals surface area contributed by atoms with Crippen molar-refractivity contribution in [2.45, 2.75) is 18.5 Å². The molecular weight excluding hydrogens is 644 g/mol. The largest absolute Gasteiger partial charge is 0.493 e. The van der Waals surface area contributed by atoms with Crippen LogP contribution in [0.3, 0.4) is 0 Å². The molecule has 0 spiro atoms. The van der Waals surface area contributed by atoms with Gasteiger partial charge in [0.05, 0.1) is 32.0 Å². The molecule has 7 rings (SSSR count). The van der Waals surface area contributed by atoms with E-state index in [-0.39, 0.29) is 84.5 Å². The van der Waals surface area contributed by atoms with Crippen LogP contribution in [0.1, 0.15) is 83.4 Å². The van der Waals surface area contributed by atoms with Crippen LogP contribution < -0.4 is 4.74 Å². The summed E-state index contributed by atoms with van der Waals surface area (Å²) < 4.78 is 37.9. The molecule has 250 valence electrons. The second-order valence-corrected chi connectivity index (χ2v) is 10.7. The standard InChI is InChI=1S/C32H26N6O11/c1-43-31(41)23-14-48-27(36-23)21-12-46-25(34-21)19-10-16(45-9-5-8-38-29(39)17-6-3-4-7-18(17)30(38)40)11-20(33-19)26-35-22(13-47-26)28-37-24(15-49-28)32(42)44-2/h3-4,6-7,10-11,14-15,21-22H,5,8-9,12-13H2,1-2H3. The van der Waals surface area contributed by atoms with Crippen molar-refractivity contribution in [1.29, 1.82) is 0 Å². The number of methoxy groups -OCH3 is 2. The van der Waals surface area contributed by atoms with E-state index in [9.17, 15) is 19.2 Å². The molecule has 17 heteroatoms. The number of benzene rings is 1. The van der Waals surface area contributed by atoms with Crippen molar-refractivity contribution in [3.63, 3.8) is 0 Å². The van der Waals surface area contributed by atoms with E-state index in [4.69, 9.17) is 23.0 Å². The van der Waals surface area contributed by atoms with Crippen molar-refractivity contribution in [2.24, 2.45) is 9.98 Å². The zero-order chi connectivity index (χ0) is 34.1. The second-order valence-electron chi connectivity index (χ2n) is 10.7. The first kappa shape index (κ1) is 31.2. The van der Waals surface area contributed by atoms with Crippen molar-refractivity contribution in [2.75, 3.05) is 40.6 Å². The Labute approximate surface area is 276 Å². The van der Waals surface area contributed by atoms with Crippen molar-refractivity contribution in [1.82, 2.24) is 19.9 Å². The van der Waals surface area contributed by atoms with Crippen LogP contribution in [0, 0.1) is 0 Å². The van der Waals surface area contributed by atoms with Crippen LogP contribution in [0.4, 0.5) is 0 Å². The first-order chi connectivity index (χ1) is 23.8. The van der Waals surface area contributed by atoms with E-state index in [1.54, 1.807) is 36.4 Å². The van der Waals surface area contributed by atoms with E-state index in [1.807, 2.05) is 0 Å². The number of ether oxygens (including phenoxy) is 5. The van der Waals surface area contributed by atoms with Gasteiger partial charge in [0.25, 0.3) is 11.8 Å². The maximum Gasteiger partial charge on any atom is 0.360 e. The second kappa shape index (κ2) is 13.0. The molecule has 1 aromatic carbocycles. The van der Waals surface area contributed by atoms with E-state index in [1.165, 1.54) is 31.6 Å². The van der Waals surface area contributed by atoms with Crippen LogP contribution in [-0.2, 0) is 18.9 Å². The molecule has 0 saturated heterocycles. The highest BCUT2D eigenvalue weighted by atomic mass is 16.5. The minimum Gasteiger partial charge on any atom is -0.493 e. The number of amides is 2. The van der Waals surface area contributed by atoms with Gasteiger partial charge in [-0.2, -0.15) is 0 Å². The fourth-order valence-corrected chi connectivity index (χ4v) is 5.22. The van der Waals surface area contributed by atoms with Crippen molar-refractivity contribution >= 4 is 35.5 Å². The van der Waals surface area contributed by atoms with Gasteiger partial charge in [0.15, 0.2) is 23.5 Å². The molecule has 0 bridgehead atoms. The summed E-state index contributed by atoms with van der Waals surface area (Å²) in [5.41, 5.74) is 1.28. The van der Waals surface area contributed by atoms with Gasteiger partial charge in [0, 0.05) is 18.7 Å². The van der Waals surface area contributed by atoms with Gasteiger partial charge in [-0.05, 0) is 18.6 Å². The molecule has 0 fully saturated rings. The maximum absolute atomic E-state index is 12.7. The van der Waals surface area contributed by atoms with Crippen molar-refractivity contribution in [3.05, 3.63) is 94.6 Å². The van der Waals surface area contributed by atoms with Crippen LogP contribution in [0.25, 0.3) is 0 Å². The third-order valence-electron chi connectivity index (χ3n) is 7.62. The summed E-state index contributed by atoms with van der Waals surface area (Å²) in [6.07, 6.45) is 2.70. The molecule has 3 aliphatic heterocycles. The molecule has 3 aliphatic rings. The molecule has 49 heavy (non-hydrogen) atoms. The number of pyridine rings is 1. The number of esters is 2. The summed E-state index contributed by atoms with van der Waals surface area (Å²) in [5.74, 6) is -1.06. The number of aromatic nitrogens is 3. The lowest BCUT2D eigenvalue weighted by atomic mass is 10.1. The van der Waals surface area contributed by atoms with Crippen LogP contribution in [0.2, 0.25) is 0 Å². The van der Waals surface area contributed by atoms with E-state index < -0.39 is 24.0 Å². The van der Waals surface area contributed by atoms with Gasteiger partial charge in [-0.3, -0.25) is 14.5 Å². The Hall–Kier alpha value is -6.39. The summed E-state index contributed by atoms with van der Waals surface area (Å²) in [5, 5.41) is 0. The number of rotatable bonds is 11. The fraction of sp³-hybridized carbons (Fsp3) is 0.281. The van der Waals surface area contributed by atoms with Gasteiger partial charge >= 0.3 is 11.9 Å². The van der Waals surface area contributed by atoms with Gasteiger partial charge in [0.1, 0.15) is 42.9 Å². The first-order valence-corrected chi connectivity index (χ1v) is 14.9. The lowest BCUT2D eigenvalue weighted by molar-refractivity contribution is 0.0585. The third-order valence-corrected chi connectivity index (χ3v) is 7.62. The lowest BCUT2D eigenvalue weighted by Crippen LogP contribution is -2.31. The van der Waals surface area contributed by atoms with Crippen LogP contribution in [0.5, 0.6) is 5.75 Å². The zero-order valence-corrected chi connectivity index (χ0v) is 26.0. The highest BCUT2D eigenvalue weighted by molar-refractivity contribution is 6.21. The minimum absolute atomic E-state index is 0.00568. The van der Waals surface area contributed by atoms with Crippen LogP contribution >= 0.6 is 0 Å². The summed E-state index contributed by atoms with van der Waals surface area (Å²) in [7, 11) is 2.47. The lowest BCUT2D eigenvalue weighted by Gasteiger charge is -2.14. The number of hydrogen-bond acceptors (Lipinski definition) is 16. The van der Waals surface area contributed by atoms with E-state index in [0.717, 1.165) is 0 Å². The number of nitrogens with zero attached hydrogens (tertiary/aromatic N) is 6. The Morgan fingerprint density at radius 1 is 0.796 bits per heavy atom. The first-order valence-electron chi connectivity index (χ1n) is 14.9. The highest BCUT2D eigenvalue weighted by Gasteiger charge is 2.35. The molecule has 0 radical (unpaired) electrons. The molecule has 6 heterocycles. The summed E-state index contributed by atoms with van der Waals surface area (Å²) in [6.45, 7) is 0.414. The van der Waals surface area contributed by atoms with Crippen molar-refractivity contribution < 1.29 is 51.7 Å². The van der Waals surface area contributed by atoms with Gasteiger partial charge in [-0.1, -0.05) is 12.1 Å². The number of fused-ring (bicyclic) bond motifs is 1. The molecule has 2 atom stereocenters. The average molecular weight is 671 g/mol. The number of oxazole rings is 2. The number of carbonyl (C=O) groups is 4. The molecule has 2 unspecified atom stereocenters. The molecule has 0 saturated carbocycles. The zero-order valence-electron chi connectivity index (χ0n) is 26.0. The Morgan fingerprint density at radius 2 is 1.31 bits per heavy atom. The van der Waals surface area contributed by atoms with Crippen LogP contribution in [0.15, 0.2) is 67.7 Å². The highest BCUT2D eigenvalue weighted by Crippen LogP contribution is 2.29. The number of aliphatic imine (C=N–C) groups is 2. The van der Waals surface area contributed by atoms with Gasteiger partial charge in [-0.25, -0.2) is 34.5 Å². The summed E-state index contributed by atoms with van der Waals surface area (Å²) in [4.78, 5) is 72.4. The molecule has 4 aromatic rings. The van der Waals surface area contributed by atoms with E-state index in [0.29, 0.717) is 23.3 Å². The van der Waals surface area contributed by atoms with Gasteiger partial charge < -0.3 is 32.5 Å². The Balaban J connectivity index is 1.11. The predicted molar refractivity (Wildman–Crippen MR) is 162 cm³/mol. The van der Waals surface area contributed by atoms with Gasteiger partial charge in [0.2, 0.25) is 23.6 Å². The molecule has 3 aromatic heterocycles. The third kappa shape index (κ3) is 6.08. The number of hydrogen-bond donors (Lipinski definition) is 0. The Kier molecular flexibility index (Phi) is 8.29. The maximum atomic E-state index is 12.7. The minimum atomic E-state index is -0.665. The predicted octanol–water partition coefficient (Wildman–Crippen LogP) is 2.73. The quantitative estimate of drug-likeness (QED) is 0.128. The molecular formula is C32H26N6O11. The fourth-order valence-electron chi connectivity index (χ4n) is 5.22. The topological polar surface area (TPSA) is 207 Å². The average Bonchev–Trinajstić information content (AvgIpc) is 3.97. The summed E-state index contributed by atoms with van der Waals surface area (Å²) in [6, 6.07) is 8.56. The Bertz CT molecular complexity index is 1900. The smallest absolute Gasteiger partial charge is 0.360 e. The SMILES string of the molecule is COC(=O)c1coc(C2COC(c3cc(OCCCN4C(=O)c5ccccc5C4=O)cc(C4=NC(c5nc(C(=O)OC)co5)CO4)n3)=N2)n1. The molecule has 0 N–H and O–H groups in total. The van der Waals surface area contributed by atoms with E-state index in [2.05, 4.69) is 34.4 Å². The van der Waals surface area contributed by atoms with Gasteiger partial charge in [-0.15, -0.1) is 0 Å². The van der Waals surface area contributed by atoms with Crippen molar-refractivity contribution in [3.8, 4) is 5.75 Å². The molecule has 17 nitrogen and oxygen atoms in total. The Morgan fingerprint density at radius 3 is 1.80 bits per heavy atom. The summed E-state index contributed by atoms with van der Waals surface area (Å²) >= 11 is 0. The van der Waals surface area contributed by atoms with E-state index >= 15 is 0 Å². The number of carbonyl (C=O) groups excluding carboxylic acids is 4. The number of imide groups is 1. The normalized spacial score (nSPS) is 18.0. The van der Waals surface area contributed by atoms with Crippen LogP contribution in [-0.4, -0.2) is 96.0 Å². The molecule has 2 amide bonds. The monoisotopic (exact) mass is 670 g/mol.